The van der Waals surface area contributed by atoms with Gasteiger partial charge in [-0.25, -0.2) is 0 Å². The number of rotatable bonds is 2. The zero-order chi connectivity index (χ0) is 36.0. The Morgan fingerprint density at radius 1 is 0.519 bits per heavy atom. The summed E-state index contributed by atoms with van der Waals surface area (Å²) in [6.45, 7) is 8.95. The third kappa shape index (κ3) is 3.83. The van der Waals surface area contributed by atoms with Gasteiger partial charge in [-0.1, -0.05) is 118 Å². The van der Waals surface area contributed by atoms with Crippen LogP contribution in [-0.2, 0) is 5.41 Å². The lowest BCUT2D eigenvalue weighted by Crippen LogP contribution is -2.57. The highest BCUT2D eigenvalue weighted by Crippen LogP contribution is 2.50. The van der Waals surface area contributed by atoms with Crippen LogP contribution in [0.1, 0.15) is 31.9 Å². The first-order valence-corrected chi connectivity index (χ1v) is 18.9. The van der Waals surface area contributed by atoms with E-state index in [1.54, 1.807) is 0 Å². The molecule has 0 saturated heterocycles. The van der Waals surface area contributed by atoms with Crippen LogP contribution in [-0.4, -0.2) is 11.3 Å². The molecule has 0 unspecified atom stereocenters. The van der Waals surface area contributed by atoms with Gasteiger partial charge in [0.2, 0.25) is 0 Å². The van der Waals surface area contributed by atoms with Gasteiger partial charge in [0.05, 0.1) is 11.1 Å². The molecule has 54 heavy (non-hydrogen) atoms. The first-order chi connectivity index (χ1) is 26.3. The van der Waals surface area contributed by atoms with Gasteiger partial charge in [-0.05, 0) is 88.0 Å². The van der Waals surface area contributed by atoms with Crippen molar-refractivity contribution in [2.24, 2.45) is 0 Å². The van der Waals surface area contributed by atoms with E-state index in [1.807, 2.05) is 0 Å². The smallest absolute Gasteiger partial charge is 0.336 e. The van der Waals surface area contributed by atoms with Crippen molar-refractivity contribution in [1.29, 1.82) is 0 Å². The summed E-state index contributed by atoms with van der Waals surface area (Å²) in [4.78, 5) is 2.54. The Kier molecular flexibility index (Phi) is 5.76. The topological polar surface area (TPSA) is 34.5 Å². The number of furan rings is 2. The minimum atomic E-state index is -0.170. The molecule has 0 radical (unpaired) electrons. The molecule has 7 aromatic carbocycles. The van der Waals surface area contributed by atoms with Crippen LogP contribution < -0.4 is 15.8 Å². The maximum atomic E-state index is 6.94. The number of anilines is 3. The molecule has 0 atom stereocenters. The van der Waals surface area contributed by atoms with Crippen molar-refractivity contribution >= 4 is 89.7 Å². The Labute approximate surface area is 312 Å². The van der Waals surface area contributed by atoms with E-state index in [0.29, 0.717) is 0 Å². The van der Waals surface area contributed by atoms with Crippen molar-refractivity contribution in [1.82, 2.24) is 4.48 Å². The molecule has 0 spiro atoms. The molecule has 0 aliphatic carbocycles. The molecule has 5 heterocycles. The van der Waals surface area contributed by atoms with E-state index in [-0.39, 0.29) is 12.3 Å². The molecular weight excluding hydrogens is 659 g/mol. The molecule has 0 amide bonds. The van der Waals surface area contributed by atoms with Crippen LogP contribution >= 0.6 is 0 Å². The second kappa shape index (κ2) is 10.4. The van der Waals surface area contributed by atoms with Crippen molar-refractivity contribution in [3.05, 3.63) is 151 Å². The number of hydrogen-bond donors (Lipinski definition) is 0. The summed E-state index contributed by atoms with van der Waals surface area (Å²) in [5, 5.41) is 5.81. The van der Waals surface area contributed by atoms with E-state index in [4.69, 9.17) is 8.83 Å². The highest BCUT2D eigenvalue weighted by molar-refractivity contribution is 6.92. The number of para-hydroxylation sites is 3. The maximum Gasteiger partial charge on any atom is 0.336 e. The first-order valence-electron chi connectivity index (χ1n) is 18.9. The summed E-state index contributed by atoms with van der Waals surface area (Å²) in [6, 6.07) is 50.9. The molecular formula is C49H35BN2O2. The lowest BCUT2D eigenvalue weighted by atomic mass is 9.44. The van der Waals surface area contributed by atoms with Gasteiger partial charge < -0.3 is 18.2 Å². The third-order valence-corrected chi connectivity index (χ3v) is 12.0. The van der Waals surface area contributed by atoms with E-state index < -0.39 is 0 Å². The van der Waals surface area contributed by atoms with Crippen LogP contribution in [0.2, 0.25) is 0 Å². The van der Waals surface area contributed by atoms with Crippen LogP contribution in [0, 0.1) is 6.92 Å². The van der Waals surface area contributed by atoms with E-state index in [0.717, 1.165) is 50.0 Å². The monoisotopic (exact) mass is 694 g/mol. The first kappa shape index (κ1) is 30.1. The highest BCUT2D eigenvalue weighted by atomic mass is 16.3. The second-order valence-electron chi connectivity index (χ2n) is 16.2. The molecule has 0 N–H and O–H groups in total. The predicted molar refractivity (Wildman–Crippen MR) is 226 cm³/mol. The van der Waals surface area contributed by atoms with Gasteiger partial charge in [-0.15, -0.1) is 0 Å². The highest BCUT2D eigenvalue weighted by Gasteiger charge is 2.45. The number of fused-ring (bicyclic) bond motifs is 13. The second-order valence-corrected chi connectivity index (χ2v) is 16.2. The summed E-state index contributed by atoms with van der Waals surface area (Å²) in [5.74, 6) is 0. The van der Waals surface area contributed by atoms with Crippen LogP contribution in [0.15, 0.2) is 148 Å². The molecule has 2 aliphatic heterocycles. The van der Waals surface area contributed by atoms with Crippen molar-refractivity contribution < 1.29 is 8.83 Å². The predicted octanol–water partition coefficient (Wildman–Crippen LogP) is 12.1. The molecule has 2 aliphatic rings. The SMILES string of the molecule is Cc1cc2c3c(c1)N(c1ccc(C(C)(C)C)cc1-c1ccccc1)c1ccc4oc5ccccc5c4c1B3n1c3oc4ccccc4c3c3cccc-2c31. The van der Waals surface area contributed by atoms with Gasteiger partial charge >= 0.3 is 6.85 Å². The number of hydrogen-bond acceptors (Lipinski definition) is 3. The molecule has 4 nitrogen and oxygen atoms in total. The van der Waals surface area contributed by atoms with Gasteiger partial charge in [0.25, 0.3) is 0 Å². The number of aromatic nitrogens is 1. The van der Waals surface area contributed by atoms with Crippen LogP contribution in [0.25, 0.3) is 77.2 Å². The van der Waals surface area contributed by atoms with Gasteiger partial charge in [-0.3, -0.25) is 0 Å². The van der Waals surface area contributed by atoms with E-state index in [2.05, 4.69) is 177 Å². The zero-order valence-corrected chi connectivity index (χ0v) is 30.6. The number of benzene rings is 7. The van der Waals surface area contributed by atoms with E-state index in [9.17, 15) is 0 Å². The molecule has 3 aromatic heterocycles. The van der Waals surface area contributed by atoms with Gasteiger partial charge in [0, 0.05) is 49.6 Å². The Morgan fingerprint density at radius 3 is 2.02 bits per heavy atom. The van der Waals surface area contributed by atoms with Gasteiger partial charge in [-0.2, -0.15) is 0 Å². The third-order valence-electron chi connectivity index (χ3n) is 12.0. The van der Waals surface area contributed by atoms with Crippen molar-refractivity contribution in [2.45, 2.75) is 33.1 Å². The minimum absolute atomic E-state index is 0.0151. The quantitative estimate of drug-likeness (QED) is 0.169. The lowest BCUT2D eigenvalue weighted by Gasteiger charge is -2.41. The summed E-state index contributed by atoms with van der Waals surface area (Å²) in [5.41, 5.74) is 18.2. The maximum absolute atomic E-state index is 6.94. The summed E-state index contributed by atoms with van der Waals surface area (Å²) >= 11 is 0. The Bertz CT molecular complexity index is 3230. The fourth-order valence-electron chi connectivity index (χ4n) is 9.65. The fourth-order valence-corrected chi connectivity index (χ4v) is 9.65. The molecule has 12 rings (SSSR count). The van der Waals surface area contributed by atoms with Crippen molar-refractivity contribution in [2.75, 3.05) is 4.90 Å². The Balaban J connectivity index is 1.28. The number of aryl methyl sites for hydroxylation is 1. The van der Waals surface area contributed by atoms with Crippen molar-refractivity contribution in [3.8, 4) is 22.3 Å². The average Bonchev–Trinajstić information content (AvgIpc) is 3.86. The minimum Gasteiger partial charge on any atom is -0.456 e. The largest absolute Gasteiger partial charge is 0.456 e. The summed E-state index contributed by atoms with van der Waals surface area (Å²) in [7, 11) is 0. The normalized spacial score (nSPS) is 13.5. The molecule has 0 saturated carbocycles. The summed E-state index contributed by atoms with van der Waals surface area (Å²) < 4.78 is 16.1. The van der Waals surface area contributed by atoms with Gasteiger partial charge in [0.15, 0.2) is 5.71 Å². The van der Waals surface area contributed by atoms with Gasteiger partial charge in [0.1, 0.15) is 16.7 Å². The standard InChI is InChI=1S/C49H35BN2O2/c1-28-25-36-31-17-12-18-34-43-32-15-8-11-20-41(32)54-48(43)52(47(31)34)50-45(36)39(26-28)51(38-23-24-42-44(46(38)50)33-16-9-10-19-40(33)53-42)37-22-21-30(49(2,3)4)27-35(37)29-13-6-5-7-14-29/h5-27H,1-4H3. The Hall–Kier alpha value is -6.46. The summed E-state index contributed by atoms with van der Waals surface area (Å²) in [6.07, 6.45) is 0. The molecule has 5 heteroatoms. The Morgan fingerprint density at radius 2 is 1.22 bits per heavy atom. The molecule has 0 fully saturated rings. The number of nitrogens with zero attached hydrogens (tertiary/aromatic N) is 2. The fraction of sp³-hybridized carbons (Fsp3) is 0.102. The molecule has 10 aromatic rings. The van der Waals surface area contributed by atoms with E-state index in [1.165, 1.54) is 66.3 Å². The average molecular weight is 695 g/mol. The van der Waals surface area contributed by atoms with Crippen LogP contribution in [0.3, 0.4) is 0 Å². The van der Waals surface area contributed by atoms with Crippen LogP contribution in [0.4, 0.5) is 17.1 Å². The molecule has 0 bridgehead atoms. The van der Waals surface area contributed by atoms with E-state index >= 15 is 0 Å². The molecule has 256 valence electrons. The van der Waals surface area contributed by atoms with Crippen LogP contribution in [0.5, 0.6) is 0 Å². The zero-order valence-electron chi connectivity index (χ0n) is 30.6. The lowest BCUT2D eigenvalue weighted by molar-refractivity contribution is 0.590. The van der Waals surface area contributed by atoms with Crippen molar-refractivity contribution in [3.63, 3.8) is 0 Å².